The predicted octanol–water partition coefficient (Wildman–Crippen LogP) is 2.88. The van der Waals surface area contributed by atoms with Crippen molar-refractivity contribution in [2.45, 2.75) is 13.8 Å². The van der Waals surface area contributed by atoms with Crippen LogP contribution in [0.15, 0.2) is 12.1 Å². The van der Waals surface area contributed by atoms with Gasteiger partial charge in [0.05, 0.1) is 4.92 Å². The summed E-state index contributed by atoms with van der Waals surface area (Å²) in [6.07, 6.45) is 0. The zero-order valence-electron chi connectivity index (χ0n) is 11.5. The summed E-state index contributed by atoms with van der Waals surface area (Å²) in [6, 6.07) is 3.01. The fourth-order valence-electron chi connectivity index (χ4n) is 1.67. The largest absolute Gasteiger partial charge is 0.424 e. The Balaban J connectivity index is 2.38. The number of rotatable bonds is 4. The minimum atomic E-state index is -0.439. The van der Waals surface area contributed by atoms with Crippen LogP contribution in [0.25, 0.3) is 0 Å². The van der Waals surface area contributed by atoms with Crippen molar-refractivity contribution in [3.05, 3.63) is 38.7 Å². The molecule has 0 saturated carbocycles. The minimum absolute atomic E-state index is 0.00991. The van der Waals surface area contributed by atoms with E-state index in [-0.39, 0.29) is 22.9 Å². The van der Waals surface area contributed by atoms with E-state index in [2.05, 4.69) is 20.3 Å². The number of halogens is 1. The second-order valence-electron chi connectivity index (χ2n) is 4.22. The Kier molecular flexibility index (Phi) is 4.18. The number of ether oxygens (including phenoxy) is 1. The summed E-state index contributed by atoms with van der Waals surface area (Å²) in [4.78, 5) is 22.1. The molecule has 1 aromatic heterocycles. The molecule has 0 aliphatic carbocycles. The maximum atomic E-state index is 10.9. The summed E-state index contributed by atoms with van der Waals surface area (Å²) >= 11 is 5.76. The molecule has 0 aliphatic rings. The van der Waals surface area contributed by atoms with Gasteiger partial charge in [0.25, 0.3) is 5.69 Å². The van der Waals surface area contributed by atoms with Gasteiger partial charge in [0, 0.05) is 18.7 Å². The lowest BCUT2D eigenvalue weighted by atomic mass is 10.1. The number of aryl methyl sites for hydroxylation is 2. The van der Waals surface area contributed by atoms with E-state index in [1.165, 1.54) is 6.07 Å². The number of anilines is 1. The van der Waals surface area contributed by atoms with Crippen molar-refractivity contribution in [3.8, 4) is 11.8 Å². The summed E-state index contributed by atoms with van der Waals surface area (Å²) in [6.45, 7) is 3.33. The van der Waals surface area contributed by atoms with E-state index < -0.39 is 4.92 Å². The molecule has 0 atom stereocenters. The maximum Gasteiger partial charge on any atom is 0.328 e. The third-order valence-electron chi connectivity index (χ3n) is 2.70. The molecular formula is C12H12ClN5O3. The molecule has 110 valence electrons. The lowest BCUT2D eigenvalue weighted by molar-refractivity contribution is -0.385. The number of benzene rings is 1. The van der Waals surface area contributed by atoms with E-state index in [1.54, 1.807) is 27.0 Å². The normalized spacial score (nSPS) is 10.3. The number of aromatic nitrogens is 3. The Morgan fingerprint density at radius 3 is 2.57 bits per heavy atom. The Morgan fingerprint density at radius 2 is 1.95 bits per heavy atom. The van der Waals surface area contributed by atoms with Crippen LogP contribution in [0.1, 0.15) is 11.1 Å². The van der Waals surface area contributed by atoms with Crippen LogP contribution in [0.5, 0.6) is 11.8 Å². The Hall–Kier alpha value is -2.48. The van der Waals surface area contributed by atoms with E-state index in [0.717, 1.165) is 0 Å². The van der Waals surface area contributed by atoms with Crippen molar-refractivity contribution < 1.29 is 9.66 Å². The van der Waals surface area contributed by atoms with Gasteiger partial charge in [-0.15, -0.1) is 0 Å². The summed E-state index contributed by atoms with van der Waals surface area (Å²) in [5.41, 5.74) is 1.11. The molecule has 8 nitrogen and oxygen atoms in total. The van der Waals surface area contributed by atoms with Gasteiger partial charge in [-0.25, -0.2) is 0 Å². The summed E-state index contributed by atoms with van der Waals surface area (Å²) in [5.74, 6) is 0.684. The van der Waals surface area contributed by atoms with Crippen LogP contribution in [0.3, 0.4) is 0 Å². The number of hydrogen-bond donors (Lipinski definition) is 1. The number of nitrogens with one attached hydrogen (secondary N) is 1. The highest BCUT2D eigenvalue weighted by molar-refractivity contribution is 6.28. The van der Waals surface area contributed by atoms with E-state index >= 15 is 0 Å². The van der Waals surface area contributed by atoms with Crippen LogP contribution < -0.4 is 10.1 Å². The van der Waals surface area contributed by atoms with Crippen LogP contribution >= 0.6 is 11.6 Å². The molecule has 0 fully saturated rings. The Bertz CT molecular complexity index is 708. The highest BCUT2D eigenvalue weighted by Crippen LogP contribution is 2.30. The average Bonchev–Trinajstić information content (AvgIpc) is 2.41. The third kappa shape index (κ3) is 3.34. The first kappa shape index (κ1) is 14.9. The van der Waals surface area contributed by atoms with Gasteiger partial charge in [-0.2, -0.15) is 15.0 Å². The summed E-state index contributed by atoms with van der Waals surface area (Å²) < 4.78 is 5.54. The zero-order chi connectivity index (χ0) is 15.6. The smallest absolute Gasteiger partial charge is 0.328 e. The first-order valence-corrected chi connectivity index (χ1v) is 6.31. The first-order valence-electron chi connectivity index (χ1n) is 5.93. The van der Waals surface area contributed by atoms with Gasteiger partial charge in [0.1, 0.15) is 5.75 Å². The Labute approximate surface area is 125 Å². The molecule has 1 heterocycles. The SMILES string of the molecule is CNc1nc(Cl)nc(Oc2cc(C)c([N+](=O)[O-])cc2C)n1. The van der Waals surface area contributed by atoms with Gasteiger partial charge in [0.15, 0.2) is 0 Å². The molecule has 0 radical (unpaired) electrons. The third-order valence-corrected chi connectivity index (χ3v) is 2.87. The Morgan fingerprint density at radius 1 is 1.24 bits per heavy atom. The van der Waals surface area contributed by atoms with Crippen molar-refractivity contribution in [2.75, 3.05) is 12.4 Å². The average molecular weight is 310 g/mol. The fourth-order valence-corrected chi connectivity index (χ4v) is 1.82. The van der Waals surface area contributed by atoms with Gasteiger partial charge in [-0.05, 0) is 37.1 Å². The molecule has 0 unspecified atom stereocenters. The van der Waals surface area contributed by atoms with E-state index in [0.29, 0.717) is 16.9 Å². The van der Waals surface area contributed by atoms with Crippen LogP contribution in [0.4, 0.5) is 11.6 Å². The molecule has 1 N–H and O–H groups in total. The lowest BCUT2D eigenvalue weighted by Gasteiger charge is -2.09. The van der Waals surface area contributed by atoms with Crippen LogP contribution in [-0.2, 0) is 0 Å². The number of hydrogen-bond acceptors (Lipinski definition) is 7. The molecule has 0 amide bonds. The van der Waals surface area contributed by atoms with Crippen molar-refractivity contribution in [2.24, 2.45) is 0 Å². The molecule has 21 heavy (non-hydrogen) atoms. The maximum absolute atomic E-state index is 10.9. The minimum Gasteiger partial charge on any atom is -0.424 e. The van der Waals surface area contributed by atoms with Crippen LogP contribution in [0.2, 0.25) is 5.28 Å². The molecule has 2 aromatic rings. The highest BCUT2D eigenvalue weighted by atomic mass is 35.5. The summed E-state index contributed by atoms with van der Waals surface area (Å²) in [5, 5.41) is 13.6. The zero-order valence-corrected chi connectivity index (χ0v) is 12.3. The summed E-state index contributed by atoms with van der Waals surface area (Å²) in [7, 11) is 1.64. The van der Waals surface area contributed by atoms with Gasteiger partial charge in [0.2, 0.25) is 11.2 Å². The monoisotopic (exact) mass is 309 g/mol. The number of nitro benzene ring substituents is 1. The number of nitro groups is 1. The molecule has 0 saturated heterocycles. The molecule has 9 heteroatoms. The molecular weight excluding hydrogens is 298 g/mol. The van der Waals surface area contributed by atoms with Gasteiger partial charge >= 0.3 is 6.01 Å². The second-order valence-corrected chi connectivity index (χ2v) is 4.56. The van der Waals surface area contributed by atoms with E-state index in [1.807, 2.05) is 0 Å². The van der Waals surface area contributed by atoms with E-state index in [4.69, 9.17) is 16.3 Å². The first-order chi connectivity index (χ1) is 9.90. The second kappa shape index (κ2) is 5.88. The van der Waals surface area contributed by atoms with E-state index in [9.17, 15) is 10.1 Å². The highest BCUT2D eigenvalue weighted by Gasteiger charge is 2.15. The predicted molar refractivity (Wildman–Crippen MR) is 77.0 cm³/mol. The van der Waals surface area contributed by atoms with Crippen molar-refractivity contribution in [1.29, 1.82) is 0 Å². The molecule has 0 aliphatic heterocycles. The lowest BCUT2D eigenvalue weighted by Crippen LogP contribution is -2.02. The van der Waals surface area contributed by atoms with Gasteiger partial charge in [-0.1, -0.05) is 0 Å². The quantitative estimate of drug-likeness (QED) is 0.684. The fraction of sp³-hybridized carbons (Fsp3) is 0.250. The van der Waals surface area contributed by atoms with Gasteiger partial charge < -0.3 is 10.1 Å². The van der Waals surface area contributed by atoms with Crippen LogP contribution in [0, 0.1) is 24.0 Å². The van der Waals surface area contributed by atoms with Gasteiger partial charge in [-0.3, -0.25) is 10.1 Å². The topological polar surface area (TPSA) is 103 Å². The van der Waals surface area contributed by atoms with Crippen LogP contribution in [-0.4, -0.2) is 26.9 Å². The molecule has 0 bridgehead atoms. The van der Waals surface area contributed by atoms with Crippen molar-refractivity contribution in [1.82, 2.24) is 15.0 Å². The molecule has 2 rings (SSSR count). The number of nitrogens with zero attached hydrogens (tertiary/aromatic N) is 4. The molecule has 0 spiro atoms. The standard InChI is InChI=1S/C12H12ClN5O3/c1-6-5-9(7(2)4-8(6)18(19)20)21-12-16-10(13)15-11(14-3)17-12/h4-5H,1-3H3,(H,14,15,16,17). The van der Waals surface area contributed by atoms with Crippen molar-refractivity contribution in [3.63, 3.8) is 0 Å². The molecule has 1 aromatic carbocycles. The van der Waals surface area contributed by atoms with Crippen molar-refractivity contribution >= 4 is 23.2 Å².